The number of nitrogens with zero attached hydrogens (tertiary/aromatic N) is 2. The van der Waals surface area contributed by atoms with Gasteiger partial charge in [0.15, 0.2) is 0 Å². The molecule has 1 saturated heterocycles. The van der Waals surface area contributed by atoms with E-state index >= 15 is 0 Å². The van der Waals surface area contributed by atoms with Gasteiger partial charge in [-0.2, -0.15) is 8.78 Å². The normalized spacial score (nSPS) is 14.4. The van der Waals surface area contributed by atoms with Gasteiger partial charge in [-0.05, 0) is 36.4 Å². The van der Waals surface area contributed by atoms with Crippen LogP contribution in [0.5, 0.6) is 0 Å². The van der Waals surface area contributed by atoms with Crippen molar-refractivity contribution in [1.82, 2.24) is 10.6 Å². The fraction of sp³-hybridized carbons (Fsp3) is 0.333. The molecule has 0 bridgehead atoms. The number of carbonyl (C=O) groups excluding carboxylic acids is 4. The number of ether oxygens (including phenoxy) is 2. The molecule has 4 amide bonds. The summed E-state index contributed by atoms with van der Waals surface area (Å²) in [7, 11) is 1.04. The van der Waals surface area contributed by atoms with E-state index < -0.39 is 37.0 Å². The number of carbonyl (C=O) groups is 4. The highest BCUT2D eigenvalue weighted by molar-refractivity contribution is 7.18. The molecule has 0 radical (unpaired) electrons. The number of anilines is 2. The summed E-state index contributed by atoms with van der Waals surface area (Å²) in [6.45, 7) is -3.22. The molecule has 1 atom stereocenters. The molecule has 0 unspecified atom stereocenters. The first-order valence-electron chi connectivity index (χ1n) is 10.2. The number of morpholine rings is 1. The Balaban J connectivity index is 1.78. The number of hydrogen-bond acceptors (Lipinski definition) is 7. The first-order chi connectivity index (χ1) is 16.7. The summed E-state index contributed by atoms with van der Waals surface area (Å²) in [4.78, 5) is 51.0. The molecule has 1 aromatic carbocycles. The van der Waals surface area contributed by atoms with E-state index in [2.05, 4.69) is 15.4 Å². The lowest BCUT2D eigenvalue weighted by atomic mass is 10.2. The molecular formula is C21H21ClF2N4O6S. The zero-order chi connectivity index (χ0) is 25.5. The second kappa shape index (κ2) is 11.9. The van der Waals surface area contributed by atoms with Crippen molar-refractivity contribution in [3.8, 4) is 0 Å². The number of methoxy groups -OCH3 is 1. The smallest absolute Gasteiger partial charge is 0.407 e. The van der Waals surface area contributed by atoms with Crippen LogP contribution in [0.3, 0.4) is 0 Å². The van der Waals surface area contributed by atoms with Gasteiger partial charge in [0, 0.05) is 24.5 Å². The van der Waals surface area contributed by atoms with Gasteiger partial charge in [-0.3, -0.25) is 19.3 Å². The van der Waals surface area contributed by atoms with E-state index in [0.717, 1.165) is 18.4 Å². The average Bonchev–Trinajstić information content (AvgIpc) is 3.28. The third-order valence-electron chi connectivity index (χ3n) is 4.90. The molecular weight excluding hydrogens is 510 g/mol. The quantitative estimate of drug-likeness (QED) is 0.506. The highest BCUT2D eigenvalue weighted by atomic mass is 35.5. The minimum atomic E-state index is -3.27. The Morgan fingerprint density at radius 1 is 1.23 bits per heavy atom. The van der Waals surface area contributed by atoms with Crippen molar-refractivity contribution in [3.05, 3.63) is 45.6 Å². The number of thiophene rings is 1. The third kappa shape index (κ3) is 6.65. The summed E-state index contributed by atoms with van der Waals surface area (Å²) in [5.74, 6) is -2.07. The van der Waals surface area contributed by atoms with Crippen LogP contribution in [0.25, 0.3) is 0 Å². The van der Waals surface area contributed by atoms with Gasteiger partial charge in [-0.25, -0.2) is 4.79 Å². The van der Waals surface area contributed by atoms with Crippen LogP contribution in [-0.4, -0.2) is 69.8 Å². The number of halogens is 3. The molecule has 188 valence electrons. The monoisotopic (exact) mass is 530 g/mol. The number of alkyl halides is 2. The minimum absolute atomic E-state index is 0.0896. The minimum Gasteiger partial charge on any atom is -0.453 e. The van der Waals surface area contributed by atoms with E-state index in [4.69, 9.17) is 16.3 Å². The number of amides is 4. The van der Waals surface area contributed by atoms with E-state index in [1.807, 2.05) is 0 Å². The Labute approximate surface area is 207 Å². The fourth-order valence-electron chi connectivity index (χ4n) is 3.21. The summed E-state index contributed by atoms with van der Waals surface area (Å²) < 4.78 is 37.9. The summed E-state index contributed by atoms with van der Waals surface area (Å²) in [6, 6.07) is 6.74. The van der Waals surface area contributed by atoms with E-state index in [1.165, 1.54) is 41.3 Å². The molecule has 0 saturated carbocycles. The first kappa shape index (κ1) is 26.3. The predicted octanol–water partition coefficient (Wildman–Crippen LogP) is 2.47. The average molecular weight is 531 g/mol. The van der Waals surface area contributed by atoms with E-state index in [-0.39, 0.29) is 28.0 Å². The van der Waals surface area contributed by atoms with Crippen molar-refractivity contribution >= 4 is 58.1 Å². The second-order valence-corrected chi connectivity index (χ2v) is 8.82. The Morgan fingerprint density at radius 3 is 2.51 bits per heavy atom. The fourth-order valence-corrected chi connectivity index (χ4v) is 4.17. The molecule has 10 nitrogen and oxygen atoms in total. The van der Waals surface area contributed by atoms with Gasteiger partial charge in [-0.15, -0.1) is 11.3 Å². The van der Waals surface area contributed by atoms with Crippen LogP contribution in [0, 0.1) is 0 Å². The van der Waals surface area contributed by atoms with E-state index in [1.54, 1.807) is 0 Å². The maximum absolute atomic E-state index is 14.0. The van der Waals surface area contributed by atoms with Crippen LogP contribution in [-0.2, 0) is 19.1 Å². The van der Waals surface area contributed by atoms with Crippen LogP contribution in [0.2, 0.25) is 4.34 Å². The zero-order valence-corrected chi connectivity index (χ0v) is 19.9. The standard InChI is InChI=1S/C21H21ClF2N4O6S/c1-33-21(32)26-14(10-25-18(30)15-6-7-16(22)35-15)19(31)28(20(23)24)13-4-2-12(3-5-13)27-8-9-34-11-17(27)29/h2-7,14,20H,8-11H2,1H3,(H,25,30)(H,26,32)/t14-/m0/s1. The van der Waals surface area contributed by atoms with Gasteiger partial charge >= 0.3 is 12.6 Å². The number of rotatable bonds is 8. The van der Waals surface area contributed by atoms with Crippen molar-refractivity contribution in [2.45, 2.75) is 12.6 Å². The largest absolute Gasteiger partial charge is 0.453 e. The van der Waals surface area contributed by atoms with Gasteiger partial charge in [0.25, 0.3) is 17.7 Å². The van der Waals surface area contributed by atoms with Crippen molar-refractivity contribution in [2.24, 2.45) is 0 Å². The van der Waals surface area contributed by atoms with Gasteiger partial charge in [0.2, 0.25) is 0 Å². The molecule has 3 rings (SSSR count). The molecule has 2 N–H and O–H groups in total. The second-order valence-electron chi connectivity index (χ2n) is 7.10. The molecule has 2 heterocycles. The molecule has 14 heteroatoms. The topological polar surface area (TPSA) is 117 Å². The van der Waals surface area contributed by atoms with Crippen LogP contribution in [0.1, 0.15) is 9.67 Å². The molecule has 1 aliphatic heterocycles. The molecule has 0 aliphatic carbocycles. The van der Waals surface area contributed by atoms with Crippen LogP contribution in [0.15, 0.2) is 36.4 Å². The van der Waals surface area contributed by atoms with Crippen molar-refractivity contribution < 1.29 is 37.4 Å². The number of nitrogens with one attached hydrogen (secondary N) is 2. The summed E-state index contributed by atoms with van der Waals surface area (Å²) in [5.41, 5.74) is 0.275. The van der Waals surface area contributed by atoms with Crippen LogP contribution < -0.4 is 20.4 Å². The maximum atomic E-state index is 14.0. The van der Waals surface area contributed by atoms with Gasteiger partial charge in [0.05, 0.1) is 22.9 Å². The number of benzene rings is 1. The molecule has 1 fully saturated rings. The van der Waals surface area contributed by atoms with E-state index in [0.29, 0.717) is 23.2 Å². The van der Waals surface area contributed by atoms with Gasteiger partial charge in [0.1, 0.15) is 12.6 Å². The van der Waals surface area contributed by atoms with Crippen molar-refractivity contribution in [3.63, 3.8) is 0 Å². The zero-order valence-electron chi connectivity index (χ0n) is 18.3. The third-order valence-corrected chi connectivity index (χ3v) is 6.13. The molecule has 2 aromatic rings. The highest BCUT2D eigenvalue weighted by Gasteiger charge is 2.33. The Morgan fingerprint density at radius 2 is 1.94 bits per heavy atom. The summed E-state index contributed by atoms with van der Waals surface area (Å²) >= 11 is 6.80. The molecule has 35 heavy (non-hydrogen) atoms. The van der Waals surface area contributed by atoms with E-state index in [9.17, 15) is 28.0 Å². The first-order valence-corrected chi connectivity index (χ1v) is 11.4. The lowest BCUT2D eigenvalue weighted by Gasteiger charge is -2.29. The predicted molar refractivity (Wildman–Crippen MR) is 124 cm³/mol. The summed E-state index contributed by atoms with van der Waals surface area (Å²) in [6.07, 6.45) is -1.05. The van der Waals surface area contributed by atoms with Gasteiger partial charge < -0.3 is 25.0 Å². The Bertz CT molecular complexity index is 1080. The molecule has 0 spiro atoms. The Kier molecular flexibility index (Phi) is 8.95. The Hall–Kier alpha value is -3.29. The number of alkyl carbamates (subject to hydrolysis) is 1. The highest BCUT2D eigenvalue weighted by Crippen LogP contribution is 2.25. The molecule has 1 aliphatic rings. The van der Waals surface area contributed by atoms with Crippen molar-refractivity contribution in [1.29, 1.82) is 0 Å². The lowest BCUT2D eigenvalue weighted by molar-refractivity contribution is -0.125. The number of hydrogen-bond donors (Lipinski definition) is 2. The SMILES string of the molecule is COC(=O)N[C@@H](CNC(=O)c1ccc(Cl)s1)C(=O)N(c1ccc(N2CCOCC2=O)cc1)C(F)F. The molecule has 1 aromatic heterocycles. The lowest BCUT2D eigenvalue weighted by Crippen LogP contribution is -2.55. The maximum Gasteiger partial charge on any atom is 0.407 e. The van der Waals surface area contributed by atoms with Crippen LogP contribution >= 0.6 is 22.9 Å². The van der Waals surface area contributed by atoms with Gasteiger partial charge in [-0.1, -0.05) is 11.6 Å². The summed E-state index contributed by atoms with van der Waals surface area (Å²) in [5, 5.41) is 4.58. The van der Waals surface area contributed by atoms with Crippen LogP contribution in [0.4, 0.5) is 25.0 Å². The van der Waals surface area contributed by atoms with Crippen molar-refractivity contribution in [2.75, 3.05) is 43.2 Å².